The Kier molecular flexibility index (Phi) is 4.04. The zero-order chi connectivity index (χ0) is 42.8. The summed E-state index contributed by atoms with van der Waals surface area (Å²) in [4.78, 5) is 14.4. The normalized spacial score (nSPS) is 15.1. The van der Waals surface area contributed by atoms with E-state index in [-0.39, 0.29) is 45.4 Å². The van der Waals surface area contributed by atoms with E-state index in [1.807, 2.05) is 66.7 Å². The molecular formula is C45H27N3O. The lowest BCUT2D eigenvalue weighted by Gasteiger charge is -2.11. The fraction of sp³-hybridized carbons (Fsp3) is 0. The van der Waals surface area contributed by atoms with Gasteiger partial charge in [0.15, 0.2) is 17.5 Å². The van der Waals surface area contributed by atoms with E-state index in [0.29, 0.717) is 49.4 Å². The zero-order valence-electron chi connectivity index (χ0n) is 37.4. The highest BCUT2D eigenvalue weighted by atomic mass is 16.3. The summed E-state index contributed by atoms with van der Waals surface area (Å²) >= 11 is 0. The quantitative estimate of drug-likeness (QED) is 0.193. The van der Waals surface area contributed by atoms with Gasteiger partial charge in [0.1, 0.15) is 11.2 Å². The molecule has 2 heterocycles. The van der Waals surface area contributed by atoms with Gasteiger partial charge >= 0.3 is 0 Å². The van der Waals surface area contributed by atoms with Crippen LogP contribution in [0.3, 0.4) is 0 Å². The van der Waals surface area contributed by atoms with Crippen LogP contribution in [0.5, 0.6) is 0 Å². The molecule has 0 aliphatic carbocycles. The zero-order valence-corrected chi connectivity index (χ0v) is 25.4. The number of furan rings is 1. The summed E-state index contributed by atoms with van der Waals surface area (Å²) in [7, 11) is 0. The summed E-state index contributed by atoms with van der Waals surface area (Å²) < 4.78 is 109. The lowest BCUT2D eigenvalue weighted by atomic mass is 9.92. The molecule has 8 aromatic carbocycles. The summed E-state index contributed by atoms with van der Waals surface area (Å²) in [5.41, 5.74) is 2.28. The Labute approximate surface area is 298 Å². The van der Waals surface area contributed by atoms with Crippen molar-refractivity contribution in [1.82, 2.24) is 15.0 Å². The average Bonchev–Trinajstić information content (AvgIpc) is 3.65. The van der Waals surface area contributed by atoms with Gasteiger partial charge in [0, 0.05) is 27.5 Å². The third kappa shape index (κ3) is 4.49. The van der Waals surface area contributed by atoms with Crippen LogP contribution in [0.4, 0.5) is 0 Å². The van der Waals surface area contributed by atoms with Gasteiger partial charge in [-0.2, -0.15) is 0 Å². The molecule has 0 aliphatic rings. The largest absolute Gasteiger partial charge is 0.456 e. The van der Waals surface area contributed by atoms with Gasteiger partial charge in [-0.05, 0) is 67.7 Å². The number of hydrogen-bond donors (Lipinski definition) is 0. The predicted molar refractivity (Wildman–Crippen MR) is 201 cm³/mol. The minimum atomic E-state index is -0.542. The summed E-state index contributed by atoms with van der Waals surface area (Å²) in [5.74, 6) is 0.274. The molecule has 0 unspecified atom stereocenters. The minimum Gasteiger partial charge on any atom is -0.456 e. The van der Waals surface area contributed by atoms with E-state index in [9.17, 15) is 0 Å². The number of aromatic nitrogens is 3. The van der Waals surface area contributed by atoms with Crippen molar-refractivity contribution in [3.05, 3.63) is 164 Å². The summed E-state index contributed by atoms with van der Waals surface area (Å²) in [5, 5.41) is 4.16. The second-order valence-corrected chi connectivity index (χ2v) is 11.5. The van der Waals surface area contributed by atoms with Crippen LogP contribution in [-0.2, 0) is 0 Å². The van der Waals surface area contributed by atoms with Crippen molar-refractivity contribution in [3.63, 3.8) is 0 Å². The first kappa shape index (κ1) is 18.0. The predicted octanol–water partition coefficient (Wildman–Crippen LogP) is 11.9. The Bertz CT molecular complexity index is 3550. The second-order valence-electron chi connectivity index (χ2n) is 11.5. The molecule has 4 nitrogen and oxygen atoms in total. The number of nitrogens with zero attached hydrogens (tertiary/aromatic N) is 3. The van der Waals surface area contributed by atoms with Crippen molar-refractivity contribution >= 4 is 54.3 Å². The van der Waals surface area contributed by atoms with Crippen LogP contribution in [0, 0.1) is 0 Å². The molecule has 4 heteroatoms. The third-order valence-electron chi connectivity index (χ3n) is 8.71. The Morgan fingerprint density at radius 1 is 0.408 bits per heavy atom. The second kappa shape index (κ2) is 11.0. The van der Waals surface area contributed by atoms with Crippen LogP contribution in [0.2, 0.25) is 0 Å². The summed E-state index contributed by atoms with van der Waals surface area (Å²) in [6.07, 6.45) is 0. The van der Waals surface area contributed by atoms with E-state index in [0.717, 1.165) is 10.8 Å². The van der Waals surface area contributed by atoms with Gasteiger partial charge in [-0.3, -0.25) is 0 Å². The van der Waals surface area contributed by atoms with E-state index < -0.39 is 66.5 Å². The maximum atomic E-state index is 9.06. The molecule has 0 aliphatic heterocycles. The Morgan fingerprint density at radius 2 is 1.12 bits per heavy atom. The lowest BCUT2D eigenvalue weighted by Crippen LogP contribution is -2.00. The number of fused-ring (bicyclic) bond motifs is 7. The first-order valence-corrected chi connectivity index (χ1v) is 15.5. The molecule has 228 valence electrons. The fourth-order valence-corrected chi connectivity index (χ4v) is 6.52. The molecule has 0 atom stereocenters. The highest BCUT2D eigenvalue weighted by molar-refractivity contribution is 6.23. The van der Waals surface area contributed by atoms with E-state index in [4.69, 9.17) is 35.8 Å². The number of hydrogen-bond acceptors (Lipinski definition) is 4. The first-order valence-electron chi connectivity index (χ1n) is 21.5. The monoisotopic (exact) mass is 637 g/mol. The van der Waals surface area contributed by atoms with E-state index >= 15 is 0 Å². The van der Waals surface area contributed by atoms with Crippen molar-refractivity contribution in [2.75, 3.05) is 0 Å². The van der Waals surface area contributed by atoms with Crippen LogP contribution < -0.4 is 0 Å². The molecule has 10 rings (SSSR count). The summed E-state index contributed by atoms with van der Waals surface area (Å²) in [6, 6.07) is 21.9. The lowest BCUT2D eigenvalue weighted by molar-refractivity contribution is 0.669. The Morgan fingerprint density at radius 3 is 2.02 bits per heavy atom. The minimum absolute atomic E-state index is 0.0355. The maximum absolute atomic E-state index is 9.06. The van der Waals surface area contributed by atoms with Gasteiger partial charge in [0.2, 0.25) is 0 Å². The molecular weight excluding hydrogens is 599 g/mol. The molecule has 0 radical (unpaired) electrons. The molecule has 0 fully saturated rings. The van der Waals surface area contributed by atoms with E-state index in [1.54, 1.807) is 24.3 Å². The standard InChI is InChI=1S/C45H27N3O/c1-2-14-30(15-3-1)43-46-44(48-45(47-43)37-23-11-17-29-13-5-7-19-33(29)37)31-24-25-40-39(26-31)42-36-21-9-8-20-35(36)38(27-41(42)49-40)34-22-10-16-28-12-4-6-18-32(28)34/h1-27H/i1D,2D,3D,4D,6D,10D,12D,14D,15D,16D,18D,22D. The molecule has 0 saturated heterocycles. The van der Waals surface area contributed by atoms with Gasteiger partial charge in [-0.1, -0.05) is 139 Å². The van der Waals surface area contributed by atoms with Crippen molar-refractivity contribution in [3.8, 4) is 45.3 Å². The molecule has 10 aromatic rings. The first-order chi connectivity index (χ1) is 29.3. The van der Waals surface area contributed by atoms with Gasteiger partial charge in [0.25, 0.3) is 0 Å². The van der Waals surface area contributed by atoms with Crippen molar-refractivity contribution in [2.45, 2.75) is 0 Å². The maximum Gasteiger partial charge on any atom is 0.164 e. The SMILES string of the molecule is [2H]c1c([2H])c([2H])c(-c2nc(-c3ccc4oc5cc(-c6c([2H])c([2H])c([2H])c7c([2H])c([2H])c([2H])c([2H])c67)c6ccccc6c5c4c3)nc(-c3cccc4ccccc34)n2)c([2H])c1[2H]. The van der Waals surface area contributed by atoms with E-state index in [2.05, 4.69) is 0 Å². The third-order valence-corrected chi connectivity index (χ3v) is 8.71. The molecule has 0 N–H and O–H groups in total. The number of benzene rings is 8. The van der Waals surface area contributed by atoms with Crippen LogP contribution in [-0.4, -0.2) is 15.0 Å². The smallest absolute Gasteiger partial charge is 0.164 e. The summed E-state index contributed by atoms with van der Waals surface area (Å²) in [6.45, 7) is 0. The number of rotatable bonds is 4. The average molecular weight is 638 g/mol. The van der Waals surface area contributed by atoms with Crippen LogP contribution in [0.15, 0.2) is 168 Å². The van der Waals surface area contributed by atoms with Gasteiger partial charge in [-0.15, -0.1) is 0 Å². The van der Waals surface area contributed by atoms with Crippen molar-refractivity contribution in [2.24, 2.45) is 0 Å². The molecule has 0 amide bonds. The van der Waals surface area contributed by atoms with Crippen LogP contribution in [0.1, 0.15) is 16.4 Å². The highest BCUT2D eigenvalue weighted by Crippen LogP contribution is 2.42. The van der Waals surface area contributed by atoms with Crippen LogP contribution in [0.25, 0.3) is 99.5 Å². The Balaban J connectivity index is 1.25. The topological polar surface area (TPSA) is 51.8 Å². The molecule has 0 bridgehead atoms. The molecule has 2 aromatic heterocycles. The van der Waals surface area contributed by atoms with Gasteiger partial charge in [-0.25, -0.2) is 15.0 Å². The fourth-order valence-electron chi connectivity index (χ4n) is 6.52. The van der Waals surface area contributed by atoms with Crippen LogP contribution >= 0.6 is 0 Å². The van der Waals surface area contributed by atoms with E-state index in [1.165, 1.54) is 0 Å². The van der Waals surface area contributed by atoms with Crippen molar-refractivity contribution in [1.29, 1.82) is 0 Å². The van der Waals surface area contributed by atoms with Crippen molar-refractivity contribution < 1.29 is 20.9 Å². The molecule has 49 heavy (non-hydrogen) atoms. The van der Waals surface area contributed by atoms with Gasteiger partial charge < -0.3 is 4.42 Å². The molecule has 0 spiro atoms. The highest BCUT2D eigenvalue weighted by Gasteiger charge is 2.19. The van der Waals surface area contributed by atoms with Gasteiger partial charge in [0.05, 0.1) is 16.4 Å². The Hall–Kier alpha value is -6.65. The molecule has 0 saturated carbocycles.